The second kappa shape index (κ2) is 9.78. The molecule has 0 spiro atoms. The number of nitrogens with zero attached hydrogens (tertiary/aromatic N) is 2. The van der Waals surface area contributed by atoms with Crippen molar-refractivity contribution >= 4 is 18.4 Å². The van der Waals surface area contributed by atoms with Gasteiger partial charge in [-0.3, -0.25) is 0 Å². The molecule has 0 aliphatic heterocycles. The summed E-state index contributed by atoms with van der Waals surface area (Å²) >= 11 is 0. The second-order valence-corrected chi connectivity index (χ2v) is 6.82. The van der Waals surface area contributed by atoms with Crippen LogP contribution in [-0.2, 0) is 11.8 Å². The van der Waals surface area contributed by atoms with Gasteiger partial charge in [0.2, 0.25) is 5.89 Å². The number of benzene rings is 1. The predicted octanol–water partition coefficient (Wildman–Crippen LogP) is 3.71. The lowest BCUT2D eigenvalue weighted by Gasteiger charge is -2.29. The van der Waals surface area contributed by atoms with Gasteiger partial charge in [0, 0.05) is 18.4 Å². The number of hydrogen-bond acceptors (Lipinski definition) is 6. The van der Waals surface area contributed by atoms with Gasteiger partial charge < -0.3 is 20.2 Å². The number of nitrogens with one attached hydrogen (secondary N) is 1. The monoisotopic (exact) mass is 380 g/mol. The molecule has 1 fully saturated rings. The van der Waals surface area contributed by atoms with E-state index >= 15 is 0 Å². The van der Waals surface area contributed by atoms with Gasteiger partial charge in [-0.2, -0.15) is 0 Å². The number of aromatic nitrogens is 2. The second-order valence-electron chi connectivity index (χ2n) is 6.82. The van der Waals surface area contributed by atoms with E-state index in [0.29, 0.717) is 18.5 Å². The molecule has 0 radical (unpaired) electrons. The van der Waals surface area contributed by atoms with Gasteiger partial charge in [-0.05, 0) is 49.9 Å². The molecule has 144 valence electrons. The number of hydrogen-bond donors (Lipinski definition) is 2. The maximum Gasteiger partial charge on any atom is 0.315 e. The topological polar surface area (TPSA) is 86.2 Å². The molecule has 1 aliphatic rings. The van der Waals surface area contributed by atoms with Crippen molar-refractivity contribution < 1.29 is 9.15 Å². The lowest BCUT2D eigenvalue weighted by atomic mass is 9.79. The highest BCUT2D eigenvalue weighted by Crippen LogP contribution is 2.41. The lowest BCUT2D eigenvalue weighted by Crippen LogP contribution is -2.31. The molecular formula is C19H29ClN4O2. The largest absolute Gasteiger partial charge is 0.497 e. The minimum Gasteiger partial charge on any atom is -0.497 e. The van der Waals surface area contributed by atoms with Crippen LogP contribution in [-0.4, -0.2) is 30.4 Å². The van der Waals surface area contributed by atoms with Gasteiger partial charge in [0.25, 0.3) is 0 Å². The summed E-state index contributed by atoms with van der Waals surface area (Å²) < 4.78 is 11.0. The van der Waals surface area contributed by atoms with Crippen molar-refractivity contribution in [1.82, 2.24) is 10.2 Å². The third-order valence-electron chi connectivity index (χ3n) is 5.15. The predicted molar refractivity (Wildman–Crippen MR) is 105 cm³/mol. The number of methoxy groups -OCH3 is 1. The SMILES string of the molecule is COc1ccc(C2(CNc3nnc(CCCCN)o3)CCCC2)cc1.Cl. The molecule has 0 bridgehead atoms. The molecule has 26 heavy (non-hydrogen) atoms. The summed E-state index contributed by atoms with van der Waals surface area (Å²) in [5.74, 6) is 1.57. The number of anilines is 1. The Morgan fingerprint density at radius 2 is 1.88 bits per heavy atom. The van der Waals surface area contributed by atoms with Crippen molar-refractivity contribution in [1.29, 1.82) is 0 Å². The molecular weight excluding hydrogens is 352 g/mol. The molecule has 1 heterocycles. The van der Waals surface area contributed by atoms with Crippen molar-refractivity contribution in [3.63, 3.8) is 0 Å². The van der Waals surface area contributed by atoms with Gasteiger partial charge >= 0.3 is 6.01 Å². The first-order valence-corrected chi connectivity index (χ1v) is 9.17. The van der Waals surface area contributed by atoms with Crippen LogP contribution in [0.1, 0.15) is 50.0 Å². The highest BCUT2D eigenvalue weighted by Gasteiger charge is 2.35. The van der Waals surface area contributed by atoms with Gasteiger partial charge in [0.15, 0.2) is 0 Å². The molecule has 1 aromatic carbocycles. The lowest BCUT2D eigenvalue weighted by molar-refractivity contribution is 0.412. The fraction of sp³-hybridized carbons (Fsp3) is 0.579. The normalized spacial score (nSPS) is 15.5. The maximum atomic E-state index is 5.71. The minimum atomic E-state index is 0. The Hall–Kier alpha value is -1.79. The highest BCUT2D eigenvalue weighted by atomic mass is 35.5. The van der Waals surface area contributed by atoms with E-state index in [1.165, 1.54) is 31.2 Å². The Kier molecular flexibility index (Phi) is 7.72. The average molecular weight is 381 g/mol. The van der Waals surface area contributed by atoms with Crippen LogP contribution in [0.3, 0.4) is 0 Å². The number of halogens is 1. The van der Waals surface area contributed by atoms with Crippen molar-refractivity contribution in [2.24, 2.45) is 5.73 Å². The summed E-state index contributed by atoms with van der Waals surface area (Å²) in [5, 5.41) is 11.6. The molecule has 3 N–H and O–H groups in total. The van der Waals surface area contributed by atoms with Crippen molar-refractivity contribution in [3.05, 3.63) is 35.7 Å². The van der Waals surface area contributed by atoms with E-state index in [0.717, 1.165) is 31.6 Å². The van der Waals surface area contributed by atoms with E-state index in [2.05, 4.69) is 27.6 Å². The number of rotatable bonds is 9. The van der Waals surface area contributed by atoms with Crippen LogP contribution in [0.2, 0.25) is 0 Å². The van der Waals surface area contributed by atoms with Crippen LogP contribution in [0, 0.1) is 0 Å². The zero-order valence-electron chi connectivity index (χ0n) is 15.4. The first-order valence-electron chi connectivity index (χ1n) is 9.17. The fourth-order valence-electron chi connectivity index (χ4n) is 3.66. The maximum absolute atomic E-state index is 5.71. The molecule has 1 aliphatic carbocycles. The smallest absolute Gasteiger partial charge is 0.315 e. The molecule has 3 rings (SSSR count). The van der Waals surface area contributed by atoms with E-state index in [9.17, 15) is 0 Å². The van der Waals surface area contributed by atoms with Gasteiger partial charge in [-0.15, -0.1) is 17.5 Å². The van der Waals surface area contributed by atoms with Gasteiger partial charge in [-0.25, -0.2) is 0 Å². The molecule has 0 unspecified atom stereocenters. The van der Waals surface area contributed by atoms with Gasteiger partial charge in [-0.1, -0.05) is 30.1 Å². The molecule has 0 saturated heterocycles. The van der Waals surface area contributed by atoms with E-state index in [-0.39, 0.29) is 17.8 Å². The number of ether oxygens (including phenoxy) is 1. The Labute approximate surface area is 161 Å². The first kappa shape index (κ1) is 20.5. The Morgan fingerprint density at radius 3 is 2.54 bits per heavy atom. The fourth-order valence-corrected chi connectivity index (χ4v) is 3.66. The molecule has 7 heteroatoms. The van der Waals surface area contributed by atoms with Crippen LogP contribution in [0.5, 0.6) is 5.75 Å². The molecule has 2 aromatic rings. The van der Waals surface area contributed by atoms with Crippen LogP contribution >= 0.6 is 12.4 Å². The number of aryl methyl sites for hydroxylation is 1. The highest BCUT2D eigenvalue weighted by molar-refractivity contribution is 5.85. The third kappa shape index (κ3) is 4.89. The minimum absolute atomic E-state index is 0. The van der Waals surface area contributed by atoms with Crippen molar-refractivity contribution in [3.8, 4) is 5.75 Å². The summed E-state index contributed by atoms with van der Waals surface area (Å²) in [7, 11) is 1.70. The first-order chi connectivity index (χ1) is 12.3. The van der Waals surface area contributed by atoms with Crippen LogP contribution < -0.4 is 15.8 Å². The van der Waals surface area contributed by atoms with Gasteiger partial charge in [0.1, 0.15) is 5.75 Å². The van der Waals surface area contributed by atoms with Crippen LogP contribution in [0.4, 0.5) is 6.01 Å². The molecule has 0 amide bonds. The van der Waals surface area contributed by atoms with E-state index in [4.69, 9.17) is 14.9 Å². The molecule has 0 atom stereocenters. The number of nitrogens with two attached hydrogens (primary N) is 1. The zero-order chi connectivity index (χ0) is 17.5. The standard InChI is InChI=1S/C19H28N4O2.ClH/c1-24-16-9-7-15(8-10-16)19(11-3-4-12-19)14-21-18-23-22-17(25-18)6-2-5-13-20;/h7-10H,2-6,11-14,20H2,1H3,(H,21,23);1H. The Bertz CT molecular complexity index is 654. The third-order valence-corrected chi connectivity index (χ3v) is 5.15. The Balaban J connectivity index is 0.00000243. The van der Waals surface area contributed by atoms with E-state index < -0.39 is 0 Å². The summed E-state index contributed by atoms with van der Waals surface area (Å²) in [6, 6.07) is 8.95. The summed E-state index contributed by atoms with van der Waals surface area (Å²) in [5.41, 5.74) is 6.99. The van der Waals surface area contributed by atoms with Crippen molar-refractivity contribution in [2.75, 3.05) is 25.5 Å². The quantitative estimate of drug-likeness (QED) is 0.645. The van der Waals surface area contributed by atoms with E-state index in [1.807, 2.05) is 12.1 Å². The molecule has 6 nitrogen and oxygen atoms in total. The number of unbranched alkanes of at least 4 members (excludes halogenated alkanes) is 1. The van der Waals surface area contributed by atoms with Gasteiger partial charge in [0.05, 0.1) is 7.11 Å². The van der Waals surface area contributed by atoms with Crippen LogP contribution in [0.15, 0.2) is 28.7 Å². The molecule has 1 aromatic heterocycles. The van der Waals surface area contributed by atoms with E-state index in [1.54, 1.807) is 7.11 Å². The average Bonchev–Trinajstić information content (AvgIpc) is 3.30. The zero-order valence-corrected chi connectivity index (χ0v) is 16.2. The summed E-state index contributed by atoms with van der Waals surface area (Å²) in [6.07, 6.45) is 7.59. The summed E-state index contributed by atoms with van der Waals surface area (Å²) in [6.45, 7) is 1.51. The summed E-state index contributed by atoms with van der Waals surface area (Å²) in [4.78, 5) is 0. The van der Waals surface area contributed by atoms with Crippen LogP contribution in [0.25, 0.3) is 0 Å². The van der Waals surface area contributed by atoms with Crippen molar-refractivity contribution in [2.45, 2.75) is 50.4 Å². The molecule has 1 saturated carbocycles. The Morgan fingerprint density at radius 1 is 1.15 bits per heavy atom.